The monoisotopic (exact) mass is 1170 g/mol. The van der Waals surface area contributed by atoms with Gasteiger partial charge < -0.3 is 4.57 Å². The maximum absolute atomic E-state index is 15.7. The van der Waals surface area contributed by atoms with Gasteiger partial charge in [-0.1, -0.05) is 241 Å². The van der Waals surface area contributed by atoms with Crippen molar-refractivity contribution in [1.29, 1.82) is 0 Å². The smallest absolute Gasteiger partial charge is 0.131 e. The topological polar surface area (TPSA) is 17.1 Å². The van der Waals surface area contributed by atoms with Crippen molar-refractivity contribution in [3.63, 3.8) is 0 Å². The molecule has 0 aliphatic carbocycles. The van der Waals surface area contributed by atoms with Crippen LogP contribution in [0.15, 0.2) is 200 Å². The number of halogens is 3. The molecule has 9 rings (SSSR count). The summed E-state index contributed by atoms with van der Waals surface area (Å²) in [7, 11) is -2.47. The van der Waals surface area contributed by atoms with E-state index in [4.69, 9.17) is 0 Å². The van der Waals surface area contributed by atoms with Crippen LogP contribution in [0.2, 0.25) is 0 Å². The first-order chi connectivity index (χ1) is 42.1. The van der Waals surface area contributed by atoms with Gasteiger partial charge in [-0.25, -0.2) is 13.2 Å². The molecule has 5 heteroatoms. The summed E-state index contributed by atoms with van der Waals surface area (Å²) in [6.45, 7) is 6.66. The summed E-state index contributed by atoms with van der Waals surface area (Å²) in [5, 5.41) is 0. The average molecular weight is 1170 g/mol. The van der Waals surface area contributed by atoms with Crippen molar-refractivity contribution in [2.24, 2.45) is 0 Å². The summed E-state index contributed by atoms with van der Waals surface area (Å²) in [4.78, 5) is 0. The molecular weight excluding hydrogens is 1080 g/mol. The minimum Gasteiger partial charge on any atom is -0.324 e. The number of hydrogen-bond acceptors (Lipinski definition) is 1. The van der Waals surface area contributed by atoms with Gasteiger partial charge in [0.2, 0.25) is 0 Å². The van der Waals surface area contributed by atoms with E-state index in [0.717, 1.165) is 146 Å². The van der Waals surface area contributed by atoms with Gasteiger partial charge >= 0.3 is 0 Å². The predicted octanol–water partition coefficient (Wildman–Crippen LogP) is 24.0. The Kier molecular flexibility index (Phi) is 24.1. The van der Waals surface area contributed by atoms with Gasteiger partial charge in [0.15, 0.2) is 0 Å². The Morgan fingerprint density at radius 3 is 0.651 bits per heavy atom. The molecule has 0 atom stereocenters. The zero-order valence-electron chi connectivity index (χ0n) is 51.5. The van der Waals surface area contributed by atoms with Crippen LogP contribution in [0.1, 0.15) is 150 Å². The molecule has 0 spiro atoms. The number of unbranched alkanes of at least 4 members (excludes halogenated alkanes) is 9. The summed E-state index contributed by atoms with van der Waals surface area (Å²) in [6, 6.07) is 67.2. The van der Waals surface area contributed by atoms with Gasteiger partial charge in [-0.3, -0.25) is 0 Å². The fourth-order valence-corrected chi connectivity index (χ4v) is 15.3. The van der Waals surface area contributed by atoms with Crippen molar-refractivity contribution in [2.45, 2.75) is 156 Å². The van der Waals surface area contributed by atoms with Crippen molar-refractivity contribution < 1.29 is 17.7 Å². The zero-order chi connectivity index (χ0) is 59.9. The Balaban J connectivity index is 0.779. The van der Waals surface area contributed by atoms with E-state index in [1.807, 2.05) is 72.8 Å². The van der Waals surface area contributed by atoms with Crippen molar-refractivity contribution in [1.82, 2.24) is 0 Å². The molecule has 0 heterocycles. The van der Waals surface area contributed by atoms with Crippen LogP contribution >= 0.6 is 7.14 Å². The van der Waals surface area contributed by atoms with Gasteiger partial charge in [-0.05, 0) is 198 Å². The Morgan fingerprint density at radius 2 is 0.442 bits per heavy atom. The molecule has 1 nitrogen and oxygen atoms in total. The Hall–Kier alpha value is -7.00. The molecule has 0 saturated carbocycles. The maximum Gasteiger partial charge on any atom is 0.131 e. The summed E-state index contributed by atoms with van der Waals surface area (Å²) in [6.07, 6.45) is 24.4. The highest BCUT2D eigenvalue weighted by molar-refractivity contribution is 7.63. The molecule has 446 valence electrons. The SMILES string of the molecule is CCCCCc1ccc(-c2ccc(-c3ccc(CCCCP(=O)(CCCCc4ccc(-c5ccc(-c6ccc(CCCCC)cc6)cc5F)cc4)CCCCc4ccc(-c5ccc(-c6ccc(CCCCC)cc6)cc5F)cc4)cc3)c(F)c2)cc1. The molecule has 0 fully saturated rings. The molecule has 0 bridgehead atoms. The van der Waals surface area contributed by atoms with Crippen molar-refractivity contribution in [3.05, 3.63) is 251 Å². The van der Waals surface area contributed by atoms with Crippen LogP contribution in [0.4, 0.5) is 13.2 Å². The fraction of sp³-hybridized carbons (Fsp3) is 0.333. The second kappa shape index (κ2) is 32.7. The highest BCUT2D eigenvalue weighted by atomic mass is 31.2. The average Bonchev–Trinajstić information content (AvgIpc) is 3.32. The molecule has 0 N–H and O–H groups in total. The summed E-state index contributed by atoms with van der Waals surface area (Å²) in [5.41, 5.74) is 17.7. The second-order valence-electron chi connectivity index (χ2n) is 24.2. The van der Waals surface area contributed by atoms with E-state index in [1.165, 1.54) is 91.2 Å². The van der Waals surface area contributed by atoms with Crippen molar-refractivity contribution in [2.75, 3.05) is 18.5 Å². The van der Waals surface area contributed by atoms with Crippen LogP contribution in [0.25, 0.3) is 66.8 Å². The lowest BCUT2D eigenvalue weighted by atomic mass is 9.97. The van der Waals surface area contributed by atoms with Gasteiger partial charge in [0.25, 0.3) is 0 Å². The minimum absolute atomic E-state index is 0.221. The van der Waals surface area contributed by atoms with Gasteiger partial charge in [0.1, 0.15) is 17.5 Å². The molecular formula is C81H90F3OP. The summed E-state index contributed by atoms with van der Waals surface area (Å²) in [5.74, 6) is -0.663. The highest BCUT2D eigenvalue weighted by Gasteiger charge is 2.21. The highest BCUT2D eigenvalue weighted by Crippen LogP contribution is 2.48. The van der Waals surface area contributed by atoms with E-state index in [9.17, 15) is 4.57 Å². The predicted molar refractivity (Wildman–Crippen MR) is 363 cm³/mol. The number of aryl methyl sites for hydroxylation is 6. The maximum atomic E-state index is 15.7. The van der Waals surface area contributed by atoms with Crippen molar-refractivity contribution in [3.8, 4) is 66.8 Å². The van der Waals surface area contributed by atoms with Gasteiger partial charge in [0, 0.05) is 35.2 Å². The molecule has 9 aromatic rings. The van der Waals surface area contributed by atoms with Crippen LogP contribution in [-0.4, -0.2) is 18.5 Å². The number of hydrogen-bond donors (Lipinski definition) is 0. The van der Waals surface area contributed by atoms with Crippen LogP contribution in [0.3, 0.4) is 0 Å². The normalized spacial score (nSPS) is 11.6. The number of rotatable bonds is 33. The zero-order valence-corrected chi connectivity index (χ0v) is 52.4. The van der Waals surface area contributed by atoms with E-state index in [1.54, 1.807) is 18.2 Å². The lowest BCUT2D eigenvalue weighted by Crippen LogP contribution is -2.03. The molecule has 0 aliphatic rings. The van der Waals surface area contributed by atoms with Crippen LogP contribution in [-0.2, 0) is 43.1 Å². The van der Waals surface area contributed by atoms with E-state index in [-0.39, 0.29) is 17.5 Å². The van der Waals surface area contributed by atoms with Gasteiger partial charge in [-0.15, -0.1) is 0 Å². The first-order valence-electron chi connectivity index (χ1n) is 32.6. The first-order valence-corrected chi connectivity index (χ1v) is 34.8. The summed E-state index contributed by atoms with van der Waals surface area (Å²) < 4.78 is 61.9. The molecule has 0 radical (unpaired) electrons. The Morgan fingerprint density at radius 1 is 0.244 bits per heavy atom. The lowest BCUT2D eigenvalue weighted by Gasteiger charge is -2.19. The third-order valence-corrected chi connectivity index (χ3v) is 21.0. The van der Waals surface area contributed by atoms with Crippen molar-refractivity contribution >= 4 is 7.14 Å². The fourth-order valence-electron chi connectivity index (χ4n) is 12.2. The quantitative estimate of drug-likeness (QED) is 0.0296. The molecule has 0 saturated heterocycles. The Bertz CT molecular complexity index is 3170. The van der Waals surface area contributed by atoms with E-state index >= 15 is 13.2 Å². The molecule has 0 aromatic heterocycles. The van der Waals surface area contributed by atoms with E-state index in [2.05, 4.69) is 130 Å². The molecule has 0 unspecified atom stereocenters. The van der Waals surface area contributed by atoms with Crippen LogP contribution < -0.4 is 0 Å². The van der Waals surface area contributed by atoms with E-state index in [0.29, 0.717) is 16.7 Å². The Labute approximate surface area is 514 Å². The van der Waals surface area contributed by atoms with Crippen LogP contribution in [0, 0.1) is 17.5 Å². The van der Waals surface area contributed by atoms with E-state index < -0.39 is 7.14 Å². The van der Waals surface area contributed by atoms with Gasteiger partial charge in [-0.2, -0.15) is 0 Å². The molecule has 9 aromatic carbocycles. The summed E-state index contributed by atoms with van der Waals surface area (Å²) >= 11 is 0. The van der Waals surface area contributed by atoms with Gasteiger partial charge in [0.05, 0.1) is 7.14 Å². The molecule has 0 aliphatic heterocycles. The molecule has 86 heavy (non-hydrogen) atoms. The largest absolute Gasteiger partial charge is 0.324 e. The van der Waals surface area contributed by atoms with Crippen LogP contribution in [0.5, 0.6) is 0 Å². The standard InChI is InChI=1S/C81H90F3OP/c1-4-7-10-19-61-25-37-67(38-26-61)73-49-52-76(79(82)58-73)70-43-31-64(32-44-70)22-13-16-55-86(85,56-17-14-23-65-33-45-71(46-34-65)77-53-50-74(59-80(77)83)68-39-27-62(28-40-68)20-11-8-5-2)57-18-15-24-66-35-47-72(48-36-66)78-54-51-75(60-81(78)84)69-41-29-63(30-42-69)21-12-9-6-3/h25-54,58-60H,4-24,55-57H2,1-3H3. The first kappa shape index (κ1) is 63.5. The lowest BCUT2D eigenvalue weighted by molar-refractivity contribution is 0.565. The minimum atomic E-state index is -2.47. The number of benzene rings is 9. The third kappa shape index (κ3) is 18.5. The third-order valence-electron chi connectivity index (χ3n) is 17.6. The molecule has 0 amide bonds. The second-order valence-corrected chi connectivity index (χ2v) is 27.7.